The van der Waals surface area contributed by atoms with E-state index in [-0.39, 0.29) is 17.7 Å². The van der Waals surface area contributed by atoms with Gasteiger partial charge < -0.3 is 5.73 Å². The van der Waals surface area contributed by atoms with Crippen molar-refractivity contribution in [1.82, 2.24) is 10.3 Å². The normalized spacial score (nSPS) is 16.9. The lowest BCUT2D eigenvalue weighted by atomic mass is 9.96. The minimum Gasteiger partial charge on any atom is -0.369 e. The summed E-state index contributed by atoms with van der Waals surface area (Å²) in [5.41, 5.74) is 9.06. The van der Waals surface area contributed by atoms with Crippen molar-refractivity contribution >= 4 is 11.8 Å². The van der Waals surface area contributed by atoms with E-state index in [0.717, 1.165) is 38.0 Å². The van der Waals surface area contributed by atoms with Crippen LogP contribution in [0.25, 0.3) is 0 Å². The second-order valence-electron chi connectivity index (χ2n) is 5.13. The lowest BCUT2D eigenvalue weighted by Crippen LogP contribution is -2.38. The Bertz CT molecular complexity index is 496. The molecule has 6 nitrogen and oxygen atoms in total. The molecule has 0 saturated carbocycles. The molecule has 0 spiro atoms. The highest BCUT2D eigenvalue weighted by molar-refractivity contribution is 5.93. The van der Waals surface area contributed by atoms with Gasteiger partial charge in [-0.15, -0.1) is 0 Å². The number of hydrogen-bond donors (Lipinski definition) is 3. The SMILES string of the molecule is NNC(=O)c1cccc(CN2CCC(C(N)=O)CC2)c1. The summed E-state index contributed by atoms with van der Waals surface area (Å²) in [4.78, 5) is 24.9. The van der Waals surface area contributed by atoms with Gasteiger partial charge in [-0.2, -0.15) is 0 Å². The van der Waals surface area contributed by atoms with Crippen LogP contribution in [0, 0.1) is 5.92 Å². The van der Waals surface area contributed by atoms with Crippen LogP contribution < -0.4 is 17.0 Å². The Labute approximate surface area is 118 Å². The zero-order valence-corrected chi connectivity index (χ0v) is 11.3. The maximum Gasteiger partial charge on any atom is 0.265 e. The van der Waals surface area contributed by atoms with Crippen LogP contribution >= 0.6 is 0 Å². The molecule has 6 heteroatoms. The third-order valence-corrected chi connectivity index (χ3v) is 3.72. The molecule has 108 valence electrons. The Morgan fingerprint density at radius 3 is 2.60 bits per heavy atom. The first-order chi connectivity index (χ1) is 9.60. The quantitative estimate of drug-likeness (QED) is 0.409. The number of nitrogen functional groups attached to an aromatic ring is 1. The fraction of sp³-hybridized carbons (Fsp3) is 0.429. The molecule has 0 atom stereocenters. The smallest absolute Gasteiger partial charge is 0.265 e. The van der Waals surface area contributed by atoms with Gasteiger partial charge in [0.05, 0.1) is 0 Å². The van der Waals surface area contributed by atoms with Gasteiger partial charge in [0.2, 0.25) is 5.91 Å². The number of carbonyl (C=O) groups excluding carboxylic acids is 2. The molecule has 1 aromatic carbocycles. The molecular weight excluding hydrogens is 256 g/mol. The molecule has 1 aromatic rings. The number of hydrogen-bond acceptors (Lipinski definition) is 4. The summed E-state index contributed by atoms with van der Waals surface area (Å²) in [6, 6.07) is 7.39. The zero-order chi connectivity index (χ0) is 14.5. The van der Waals surface area contributed by atoms with Gasteiger partial charge in [-0.1, -0.05) is 12.1 Å². The molecular formula is C14H20N4O2. The molecule has 2 amide bonds. The van der Waals surface area contributed by atoms with Crippen LogP contribution in [0.3, 0.4) is 0 Å². The monoisotopic (exact) mass is 276 g/mol. The van der Waals surface area contributed by atoms with Gasteiger partial charge in [0.15, 0.2) is 0 Å². The zero-order valence-electron chi connectivity index (χ0n) is 11.3. The van der Waals surface area contributed by atoms with Crippen LogP contribution in [0.5, 0.6) is 0 Å². The van der Waals surface area contributed by atoms with E-state index in [4.69, 9.17) is 11.6 Å². The van der Waals surface area contributed by atoms with Gasteiger partial charge in [-0.25, -0.2) is 5.84 Å². The predicted molar refractivity (Wildman–Crippen MR) is 75.3 cm³/mol. The summed E-state index contributed by atoms with van der Waals surface area (Å²) >= 11 is 0. The number of rotatable bonds is 4. The lowest BCUT2D eigenvalue weighted by molar-refractivity contribution is -0.123. The molecule has 0 radical (unpaired) electrons. The van der Waals surface area contributed by atoms with Crippen molar-refractivity contribution in [2.45, 2.75) is 19.4 Å². The molecule has 0 aromatic heterocycles. The van der Waals surface area contributed by atoms with Crippen molar-refractivity contribution < 1.29 is 9.59 Å². The van der Waals surface area contributed by atoms with Crippen molar-refractivity contribution in [3.05, 3.63) is 35.4 Å². The van der Waals surface area contributed by atoms with Gasteiger partial charge in [-0.3, -0.25) is 19.9 Å². The van der Waals surface area contributed by atoms with Crippen molar-refractivity contribution in [3.8, 4) is 0 Å². The van der Waals surface area contributed by atoms with Crippen molar-refractivity contribution in [1.29, 1.82) is 0 Å². The Hall–Kier alpha value is -1.92. The van der Waals surface area contributed by atoms with E-state index in [1.165, 1.54) is 0 Å². The van der Waals surface area contributed by atoms with Crippen LogP contribution in [-0.4, -0.2) is 29.8 Å². The molecule has 20 heavy (non-hydrogen) atoms. The number of nitrogens with two attached hydrogens (primary N) is 2. The third-order valence-electron chi connectivity index (χ3n) is 3.72. The Kier molecular flexibility index (Phi) is 4.70. The van der Waals surface area contributed by atoms with E-state index >= 15 is 0 Å². The Balaban J connectivity index is 1.94. The number of hydrazine groups is 1. The van der Waals surface area contributed by atoms with Gasteiger partial charge in [0.25, 0.3) is 5.91 Å². The fourth-order valence-corrected chi connectivity index (χ4v) is 2.53. The van der Waals surface area contributed by atoms with Gasteiger partial charge in [-0.05, 0) is 43.6 Å². The number of amides is 2. The highest BCUT2D eigenvalue weighted by Crippen LogP contribution is 2.19. The summed E-state index contributed by atoms with van der Waals surface area (Å²) in [7, 11) is 0. The summed E-state index contributed by atoms with van der Waals surface area (Å²) in [5, 5.41) is 0. The highest BCUT2D eigenvalue weighted by Gasteiger charge is 2.23. The van der Waals surface area contributed by atoms with E-state index in [0.29, 0.717) is 5.56 Å². The van der Waals surface area contributed by atoms with Crippen LogP contribution in [-0.2, 0) is 11.3 Å². The summed E-state index contributed by atoms with van der Waals surface area (Å²) in [5.74, 6) is 4.63. The van der Waals surface area contributed by atoms with Gasteiger partial charge in [0, 0.05) is 18.0 Å². The molecule has 1 aliphatic rings. The van der Waals surface area contributed by atoms with Crippen molar-refractivity contribution in [3.63, 3.8) is 0 Å². The molecule has 1 aliphatic heterocycles. The molecule has 1 fully saturated rings. The second-order valence-corrected chi connectivity index (χ2v) is 5.13. The molecule has 0 bridgehead atoms. The topological polar surface area (TPSA) is 101 Å². The number of nitrogens with one attached hydrogen (secondary N) is 1. The van der Waals surface area contributed by atoms with E-state index in [1.54, 1.807) is 6.07 Å². The summed E-state index contributed by atoms with van der Waals surface area (Å²) in [6.45, 7) is 2.46. The Morgan fingerprint density at radius 2 is 2.00 bits per heavy atom. The molecule has 0 unspecified atom stereocenters. The van der Waals surface area contributed by atoms with Gasteiger partial charge >= 0.3 is 0 Å². The highest BCUT2D eigenvalue weighted by atomic mass is 16.2. The minimum atomic E-state index is -0.292. The van der Waals surface area contributed by atoms with E-state index < -0.39 is 0 Å². The molecule has 1 heterocycles. The van der Waals surface area contributed by atoms with E-state index in [9.17, 15) is 9.59 Å². The first-order valence-electron chi connectivity index (χ1n) is 6.71. The lowest BCUT2D eigenvalue weighted by Gasteiger charge is -2.30. The van der Waals surface area contributed by atoms with Gasteiger partial charge in [0.1, 0.15) is 0 Å². The van der Waals surface area contributed by atoms with Crippen LogP contribution in [0.2, 0.25) is 0 Å². The van der Waals surface area contributed by atoms with Crippen molar-refractivity contribution in [2.75, 3.05) is 13.1 Å². The van der Waals surface area contributed by atoms with Crippen LogP contribution in [0.15, 0.2) is 24.3 Å². The fourth-order valence-electron chi connectivity index (χ4n) is 2.53. The average Bonchev–Trinajstić information content (AvgIpc) is 2.47. The molecule has 2 rings (SSSR count). The first-order valence-corrected chi connectivity index (χ1v) is 6.71. The minimum absolute atomic E-state index is 0.000558. The van der Waals surface area contributed by atoms with E-state index in [1.807, 2.05) is 18.2 Å². The largest absolute Gasteiger partial charge is 0.369 e. The maximum atomic E-state index is 11.5. The Morgan fingerprint density at radius 1 is 1.30 bits per heavy atom. The number of likely N-dealkylation sites (tertiary alicyclic amines) is 1. The second kappa shape index (κ2) is 6.49. The molecule has 1 saturated heterocycles. The number of nitrogens with zero attached hydrogens (tertiary/aromatic N) is 1. The molecule has 5 N–H and O–H groups in total. The molecule has 0 aliphatic carbocycles. The first kappa shape index (κ1) is 14.5. The number of benzene rings is 1. The average molecular weight is 276 g/mol. The number of piperidine rings is 1. The third kappa shape index (κ3) is 3.55. The van der Waals surface area contributed by atoms with E-state index in [2.05, 4.69) is 10.3 Å². The predicted octanol–water partition coefficient (Wildman–Crippen LogP) is -0.0126. The van der Waals surface area contributed by atoms with Crippen LogP contribution in [0.1, 0.15) is 28.8 Å². The van der Waals surface area contributed by atoms with Crippen LogP contribution in [0.4, 0.5) is 0 Å². The standard InChI is InChI=1S/C14H20N4O2/c15-13(19)11-4-6-18(7-5-11)9-10-2-1-3-12(8-10)14(20)17-16/h1-3,8,11H,4-7,9,16H2,(H2,15,19)(H,17,20). The van der Waals surface area contributed by atoms with Crippen molar-refractivity contribution in [2.24, 2.45) is 17.5 Å². The summed E-state index contributed by atoms with van der Waals surface area (Å²) < 4.78 is 0. The number of primary amides is 1. The summed E-state index contributed by atoms with van der Waals surface area (Å²) in [6.07, 6.45) is 1.61. The number of carbonyl (C=O) groups is 2. The maximum absolute atomic E-state index is 11.5.